The highest BCUT2D eigenvalue weighted by Crippen LogP contribution is 2.24. The Kier molecular flexibility index (Phi) is 7.45. The zero-order valence-corrected chi connectivity index (χ0v) is 19.1. The van der Waals surface area contributed by atoms with E-state index >= 15 is 0 Å². The first kappa shape index (κ1) is 22.1. The van der Waals surface area contributed by atoms with Gasteiger partial charge in [-0.2, -0.15) is 0 Å². The van der Waals surface area contributed by atoms with Crippen molar-refractivity contribution in [3.63, 3.8) is 0 Å². The van der Waals surface area contributed by atoms with Gasteiger partial charge in [0.1, 0.15) is 5.82 Å². The summed E-state index contributed by atoms with van der Waals surface area (Å²) in [5.74, 6) is 1.14. The topological polar surface area (TPSA) is 75.9 Å². The molecule has 1 amide bonds. The van der Waals surface area contributed by atoms with Gasteiger partial charge in [-0.3, -0.25) is 9.69 Å². The van der Waals surface area contributed by atoms with Gasteiger partial charge in [-0.1, -0.05) is 65.3 Å². The Balaban J connectivity index is 1.46. The predicted molar refractivity (Wildman–Crippen MR) is 124 cm³/mol. The first-order valence-electron chi connectivity index (χ1n) is 10.0. The van der Waals surface area contributed by atoms with Gasteiger partial charge in [0.25, 0.3) is 0 Å². The lowest BCUT2D eigenvalue weighted by Crippen LogP contribution is -2.22. The zero-order chi connectivity index (χ0) is 21.6. The molecular formula is C21H22Cl2N6OS. The van der Waals surface area contributed by atoms with E-state index in [1.165, 1.54) is 30.8 Å². The molecule has 2 aromatic heterocycles. The van der Waals surface area contributed by atoms with Gasteiger partial charge < -0.3 is 9.88 Å². The number of anilines is 1. The van der Waals surface area contributed by atoms with Gasteiger partial charge >= 0.3 is 0 Å². The van der Waals surface area contributed by atoms with Crippen LogP contribution in [0.1, 0.15) is 24.2 Å². The molecule has 0 bridgehead atoms. The maximum Gasteiger partial charge on any atom is 0.236 e. The fourth-order valence-corrected chi connectivity index (χ4v) is 4.60. The van der Waals surface area contributed by atoms with Crippen LogP contribution in [0.15, 0.2) is 47.8 Å². The van der Waals surface area contributed by atoms with Crippen LogP contribution in [-0.4, -0.2) is 49.4 Å². The molecule has 1 saturated heterocycles. The van der Waals surface area contributed by atoms with Crippen LogP contribution in [0.3, 0.4) is 0 Å². The van der Waals surface area contributed by atoms with Crippen molar-refractivity contribution in [3.05, 3.63) is 64.0 Å². The molecule has 162 valence electrons. The SMILES string of the molecule is O=C(CSc1nnc(CN2CCCC2)n1Cc1ccccc1)Nc1ncc(Cl)cc1Cl. The van der Waals surface area contributed by atoms with Crippen LogP contribution in [-0.2, 0) is 17.9 Å². The van der Waals surface area contributed by atoms with Gasteiger partial charge in [-0.25, -0.2) is 4.98 Å². The number of carbonyl (C=O) groups is 1. The van der Waals surface area contributed by atoms with Crippen molar-refractivity contribution in [2.75, 3.05) is 24.2 Å². The third-order valence-electron chi connectivity index (χ3n) is 4.94. The molecule has 31 heavy (non-hydrogen) atoms. The quantitative estimate of drug-likeness (QED) is 0.486. The number of likely N-dealkylation sites (tertiary alicyclic amines) is 1. The molecule has 0 unspecified atom stereocenters. The number of hydrogen-bond acceptors (Lipinski definition) is 6. The number of nitrogens with zero attached hydrogens (tertiary/aromatic N) is 5. The Morgan fingerprint density at radius 2 is 1.87 bits per heavy atom. The molecule has 1 aliphatic heterocycles. The summed E-state index contributed by atoms with van der Waals surface area (Å²) in [6.45, 7) is 3.58. The average Bonchev–Trinajstić information content (AvgIpc) is 3.40. The number of aromatic nitrogens is 4. The van der Waals surface area contributed by atoms with E-state index in [2.05, 4.69) is 42.1 Å². The Labute approximate surface area is 195 Å². The second kappa shape index (κ2) is 10.5. The first-order chi connectivity index (χ1) is 15.1. The summed E-state index contributed by atoms with van der Waals surface area (Å²) in [6.07, 6.45) is 3.88. The number of halogens is 2. The lowest BCUT2D eigenvalue weighted by Gasteiger charge is -2.16. The van der Waals surface area contributed by atoms with Crippen LogP contribution in [0.2, 0.25) is 10.0 Å². The second-order valence-corrected chi connectivity index (χ2v) is 9.06. The molecule has 0 saturated carbocycles. The summed E-state index contributed by atoms with van der Waals surface area (Å²) in [5.41, 5.74) is 1.16. The molecule has 3 heterocycles. The van der Waals surface area contributed by atoms with Crippen molar-refractivity contribution in [3.8, 4) is 0 Å². The van der Waals surface area contributed by atoms with Crippen LogP contribution in [0.25, 0.3) is 0 Å². The number of benzene rings is 1. The molecule has 7 nitrogen and oxygen atoms in total. The molecule has 0 spiro atoms. The van der Waals surface area contributed by atoms with Crippen LogP contribution in [0, 0.1) is 0 Å². The van der Waals surface area contributed by atoms with Gasteiger partial charge in [-0.05, 0) is 37.6 Å². The minimum atomic E-state index is -0.225. The standard InChI is InChI=1S/C21H22Cl2N6OS/c22-16-10-17(23)20(24-11-16)25-19(30)14-31-21-27-26-18(13-28-8-4-5-9-28)29(21)12-15-6-2-1-3-7-15/h1-3,6-7,10-11H,4-5,8-9,12-14H2,(H,24,25,30). The van der Waals surface area contributed by atoms with E-state index < -0.39 is 0 Å². The molecule has 3 aromatic rings. The number of pyridine rings is 1. The van der Waals surface area contributed by atoms with E-state index in [0.29, 0.717) is 21.7 Å². The molecule has 0 radical (unpaired) electrons. The monoisotopic (exact) mass is 476 g/mol. The summed E-state index contributed by atoms with van der Waals surface area (Å²) < 4.78 is 2.10. The van der Waals surface area contributed by atoms with Gasteiger partial charge in [-0.15, -0.1) is 10.2 Å². The summed E-state index contributed by atoms with van der Waals surface area (Å²) in [7, 11) is 0. The molecule has 1 fully saturated rings. The van der Waals surface area contributed by atoms with Crippen molar-refractivity contribution in [1.29, 1.82) is 0 Å². The molecule has 1 N–H and O–H groups in total. The van der Waals surface area contributed by atoms with Crippen LogP contribution < -0.4 is 5.32 Å². The van der Waals surface area contributed by atoms with E-state index in [9.17, 15) is 4.79 Å². The molecule has 10 heteroatoms. The van der Waals surface area contributed by atoms with E-state index in [4.69, 9.17) is 23.2 Å². The average molecular weight is 477 g/mol. The van der Waals surface area contributed by atoms with Crippen molar-refractivity contribution >= 4 is 46.7 Å². The Bertz CT molecular complexity index is 1040. The largest absolute Gasteiger partial charge is 0.309 e. The smallest absolute Gasteiger partial charge is 0.236 e. The third-order valence-corrected chi connectivity index (χ3v) is 6.40. The fraction of sp³-hybridized carbons (Fsp3) is 0.333. The molecular weight excluding hydrogens is 455 g/mol. The summed E-state index contributed by atoms with van der Waals surface area (Å²) >= 11 is 13.3. The number of hydrogen-bond donors (Lipinski definition) is 1. The normalized spacial score (nSPS) is 14.1. The van der Waals surface area contributed by atoms with Gasteiger partial charge in [0.15, 0.2) is 11.0 Å². The number of rotatable bonds is 8. The zero-order valence-electron chi connectivity index (χ0n) is 16.8. The van der Waals surface area contributed by atoms with Crippen molar-refractivity contribution in [2.24, 2.45) is 0 Å². The van der Waals surface area contributed by atoms with Crippen molar-refractivity contribution in [1.82, 2.24) is 24.6 Å². The van der Waals surface area contributed by atoms with E-state index in [1.54, 1.807) is 6.07 Å². The molecule has 0 atom stereocenters. The second-order valence-electron chi connectivity index (χ2n) is 7.27. The maximum absolute atomic E-state index is 12.4. The number of amides is 1. The highest BCUT2D eigenvalue weighted by molar-refractivity contribution is 7.99. The van der Waals surface area contributed by atoms with Gasteiger partial charge in [0, 0.05) is 6.20 Å². The maximum atomic E-state index is 12.4. The van der Waals surface area contributed by atoms with Crippen molar-refractivity contribution < 1.29 is 4.79 Å². The molecule has 1 aliphatic rings. The van der Waals surface area contributed by atoms with Crippen molar-refractivity contribution in [2.45, 2.75) is 31.1 Å². The Morgan fingerprint density at radius 3 is 2.61 bits per heavy atom. The summed E-state index contributed by atoms with van der Waals surface area (Å²) in [6, 6.07) is 11.7. The van der Waals surface area contributed by atoms with Gasteiger partial charge in [0.2, 0.25) is 5.91 Å². The number of carbonyl (C=O) groups excluding carboxylic acids is 1. The van der Waals surface area contributed by atoms with E-state index in [1.807, 2.05) is 18.2 Å². The highest BCUT2D eigenvalue weighted by Gasteiger charge is 2.19. The Morgan fingerprint density at radius 1 is 1.10 bits per heavy atom. The first-order valence-corrected chi connectivity index (χ1v) is 11.7. The highest BCUT2D eigenvalue weighted by atomic mass is 35.5. The summed E-state index contributed by atoms with van der Waals surface area (Å²) in [4.78, 5) is 18.9. The van der Waals surface area contributed by atoms with Gasteiger partial charge in [0.05, 0.1) is 28.9 Å². The molecule has 4 rings (SSSR count). The lowest BCUT2D eigenvalue weighted by molar-refractivity contribution is -0.113. The predicted octanol–water partition coefficient (Wildman–Crippen LogP) is 4.35. The minimum absolute atomic E-state index is 0.164. The number of thioether (sulfide) groups is 1. The summed E-state index contributed by atoms with van der Waals surface area (Å²) in [5, 5.41) is 12.9. The minimum Gasteiger partial charge on any atom is -0.309 e. The fourth-order valence-electron chi connectivity index (χ4n) is 3.41. The van der Waals surface area contributed by atoms with E-state index in [0.717, 1.165) is 31.0 Å². The van der Waals surface area contributed by atoms with Crippen LogP contribution >= 0.6 is 35.0 Å². The number of nitrogens with one attached hydrogen (secondary N) is 1. The van der Waals surface area contributed by atoms with Crippen LogP contribution in [0.4, 0.5) is 5.82 Å². The molecule has 1 aromatic carbocycles. The van der Waals surface area contributed by atoms with E-state index in [-0.39, 0.29) is 17.5 Å². The molecule has 0 aliphatic carbocycles. The Hall–Kier alpha value is -2.13. The lowest BCUT2D eigenvalue weighted by atomic mass is 10.2. The van der Waals surface area contributed by atoms with Crippen LogP contribution in [0.5, 0.6) is 0 Å². The third kappa shape index (κ3) is 5.98.